The van der Waals surface area contributed by atoms with Crippen molar-refractivity contribution in [3.8, 4) is 22.5 Å². The van der Waals surface area contributed by atoms with Gasteiger partial charge in [-0.3, -0.25) is 14.4 Å². The second-order valence-electron chi connectivity index (χ2n) is 13.3. The lowest BCUT2D eigenvalue weighted by atomic mass is 9.81. The lowest BCUT2D eigenvalue weighted by Gasteiger charge is -2.28. The zero-order valence-electron chi connectivity index (χ0n) is 27.9. The lowest BCUT2D eigenvalue weighted by Crippen LogP contribution is -2.48. The predicted molar refractivity (Wildman–Crippen MR) is 189 cm³/mol. The smallest absolute Gasteiger partial charge is 0.247 e. The van der Waals surface area contributed by atoms with Crippen molar-refractivity contribution < 1.29 is 14.4 Å². The number of piperidine rings is 1. The van der Waals surface area contributed by atoms with Crippen LogP contribution in [0.5, 0.6) is 0 Å². The van der Waals surface area contributed by atoms with E-state index in [0.717, 1.165) is 85.1 Å². The number of nitrogens with one attached hydrogen (secondary N) is 5. The summed E-state index contributed by atoms with van der Waals surface area (Å²) in [6.45, 7) is 4.36. The fourth-order valence-corrected chi connectivity index (χ4v) is 6.70. The second kappa shape index (κ2) is 16.0. The Balaban J connectivity index is 1.15. The van der Waals surface area contributed by atoms with Crippen molar-refractivity contribution in [1.29, 1.82) is 0 Å². The van der Waals surface area contributed by atoms with E-state index >= 15 is 0 Å². The molecule has 1 aliphatic carbocycles. The molecule has 0 radical (unpaired) electrons. The molecule has 12 heteroatoms. The van der Waals surface area contributed by atoms with Crippen molar-refractivity contribution in [2.24, 2.45) is 23.5 Å². The largest absolute Gasteiger partial charge is 0.344 e. The number of anilines is 2. The molecule has 256 valence electrons. The molecule has 1 unspecified atom stereocenters. The number of tetrazole rings is 1. The molecule has 1 saturated carbocycles. The number of aromatic amines is 1. The van der Waals surface area contributed by atoms with Crippen LogP contribution in [-0.4, -0.2) is 64.0 Å². The summed E-state index contributed by atoms with van der Waals surface area (Å²) in [7, 11) is 0. The molecule has 0 bridgehead atoms. The maximum atomic E-state index is 13.7. The van der Waals surface area contributed by atoms with E-state index < -0.39 is 6.04 Å². The highest BCUT2D eigenvalue weighted by Crippen LogP contribution is 2.29. The third-order valence-electron chi connectivity index (χ3n) is 9.87. The standard InChI is InChI=1S/C37H45N9O3/c1-23-2-7-30(21-32(23)41-36(48)29-16-18-39-19-17-29)26-8-3-24(4-9-26)20-33(42-35(47)28-10-5-25(22-38)6-11-28)37(49)40-31-14-12-27(13-15-31)34-43-45-46-44-34/h2-4,7-9,12-15,21,25,28-29,33,39H,5-6,10-11,16-20,22,38H2,1H3,(H,40,49)(H,41,48)(H,42,47)(H,43,44,45,46). The van der Waals surface area contributed by atoms with Gasteiger partial charge in [0.2, 0.25) is 23.5 Å². The van der Waals surface area contributed by atoms with Crippen LogP contribution in [0.1, 0.15) is 49.7 Å². The number of carbonyl (C=O) groups is 3. The fraction of sp³-hybridized carbons (Fsp3) is 0.405. The van der Waals surface area contributed by atoms with Crippen LogP contribution >= 0.6 is 0 Å². The van der Waals surface area contributed by atoms with Crippen molar-refractivity contribution in [1.82, 2.24) is 31.3 Å². The highest BCUT2D eigenvalue weighted by atomic mass is 16.2. The molecule has 1 aliphatic heterocycles. The SMILES string of the molecule is Cc1ccc(-c2ccc(CC(NC(=O)C3CCC(CN)CC3)C(=O)Nc3ccc(-c4nn[nH]n4)cc3)cc2)cc1NC(=O)C1CCNCC1. The Morgan fingerprint density at radius 2 is 1.49 bits per heavy atom. The van der Waals surface area contributed by atoms with Crippen LogP contribution in [0, 0.1) is 24.7 Å². The minimum Gasteiger partial charge on any atom is -0.344 e. The van der Waals surface area contributed by atoms with E-state index in [-0.39, 0.29) is 29.6 Å². The van der Waals surface area contributed by atoms with E-state index in [1.54, 1.807) is 24.3 Å². The van der Waals surface area contributed by atoms with Crippen LogP contribution in [-0.2, 0) is 20.8 Å². The first-order chi connectivity index (χ1) is 23.9. The highest BCUT2D eigenvalue weighted by molar-refractivity contribution is 5.98. The maximum Gasteiger partial charge on any atom is 0.247 e. The molecule has 2 aliphatic rings. The second-order valence-corrected chi connectivity index (χ2v) is 13.3. The van der Waals surface area contributed by atoms with Crippen molar-refractivity contribution in [2.45, 2.75) is 57.9 Å². The van der Waals surface area contributed by atoms with E-state index in [1.807, 2.05) is 49.4 Å². The summed E-state index contributed by atoms with van der Waals surface area (Å²) in [4.78, 5) is 40.1. The van der Waals surface area contributed by atoms with Gasteiger partial charge in [-0.05, 0) is 129 Å². The van der Waals surface area contributed by atoms with E-state index in [1.165, 1.54) is 0 Å². The summed E-state index contributed by atoms with van der Waals surface area (Å²) in [5, 5.41) is 26.5. The minimum atomic E-state index is -0.779. The lowest BCUT2D eigenvalue weighted by molar-refractivity contribution is -0.130. The van der Waals surface area contributed by atoms with Gasteiger partial charge in [0.15, 0.2) is 0 Å². The van der Waals surface area contributed by atoms with Crippen LogP contribution in [0.3, 0.4) is 0 Å². The summed E-state index contributed by atoms with van der Waals surface area (Å²) < 4.78 is 0. The number of benzene rings is 3. The molecule has 0 spiro atoms. The number of hydrogen-bond acceptors (Lipinski definition) is 8. The number of rotatable bonds is 11. The normalized spacial score (nSPS) is 18.7. The summed E-state index contributed by atoms with van der Waals surface area (Å²) in [6, 6.07) is 20.5. The molecule has 4 aromatic rings. The monoisotopic (exact) mass is 663 g/mol. The van der Waals surface area contributed by atoms with Crippen molar-refractivity contribution in [3.63, 3.8) is 0 Å². The van der Waals surface area contributed by atoms with E-state index in [0.29, 0.717) is 30.4 Å². The number of nitrogens with two attached hydrogens (primary N) is 1. The van der Waals surface area contributed by atoms with Crippen LogP contribution in [0.4, 0.5) is 11.4 Å². The van der Waals surface area contributed by atoms with Crippen LogP contribution < -0.4 is 27.0 Å². The Hall–Kier alpha value is -4.94. The summed E-state index contributed by atoms with van der Waals surface area (Å²) in [5.41, 5.74) is 11.9. The fourth-order valence-electron chi connectivity index (χ4n) is 6.70. The van der Waals surface area contributed by atoms with Gasteiger partial charge in [0.05, 0.1) is 0 Å². The molecule has 6 rings (SSSR count). The predicted octanol–water partition coefficient (Wildman–Crippen LogP) is 4.21. The molecule has 2 heterocycles. The summed E-state index contributed by atoms with van der Waals surface area (Å²) in [6.07, 6.45) is 5.38. The molecule has 1 atom stereocenters. The van der Waals surface area contributed by atoms with Crippen LogP contribution in [0.25, 0.3) is 22.5 Å². The van der Waals surface area contributed by atoms with Crippen LogP contribution in [0.15, 0.2) is 66.7 Å². The average molecular weight is 664 g/mol. The molecule has 7 N–H and O–H groups in total. The Morgan fingerprint density at radius 3 is 2.16 bits per heavy atom. The molecule has 2 fully saturated rings. The van der Waals surface area contributed by atoms with E-state index in [4.69, 9.17) is 5.73 Å². The Bertz CT molecular complexity index is 1710. The van der Waals surface area contributed by atoms with E-state index in [2.05, 4.69) is 41.9 Å². The Labute approximate surface area is 286 Å². The molecule has 49 heavy (non-hydrogen) atoms. The van der Waals surface area contributed by atoms with Crippen molar-refractivity contribution in [3.05, 3.63) is 77.9 Å². The third kappa shape index (κ3) is 8.76. The summed E-state index contributed by atoms with van der Waals surface area (Å²) >= 11 is 0. The van der Waals surface area contributed by atoms with Gasteiger partial charge in [-0.2, -0.15) is 5.21 Å². The van der Waals surface area contributed by atoms with Gasteiger partial charge in [0, 0.05) is 35.2 Å². The van der Waals surface area contributed by atoms with Gasteiger partial charge in [-0.15, -0.1) is 10.2 Å². The van der Waals surface area contributed by atoms with Gasteiger partial charge in [0.25, 0.3) is 0 Å². The molecular formula is C37H45N9O3. The van der Waals surface area contributed by atoms with E-state index in [9.17, 15) is 14.4 Å². The van der Waals surface area contributed by atoms with Gasteiger partial charge < -0.3 is 27.0 Å². The first-order valence-corrected chi connectivity index (χ1v) is 17.2. The van der Waals surface area contributed by atoms with Gasteiger partial charge in [-0.25, -0.2) is 0 Å². The van der Waals surface area contributed by atoms with Gasteiger partial charge >= 0.3 is 0 Å². The number of nitrogens with zero attached hydrogens (tertiary/aromatic N) is 3. The first kappa shape index (κ1) is 33.9. The number of aromatic nitrogens is 4. The van der Waals surface area contributed by atoms with Crippen molar-refractivity contribution in [2.75, 3.05) is 30.3 Å². The highest BCUT2D eigenvalue weighted by Gasteiger charge is 2.29. The third-order valence-corrected chi connectivity index (χ3v) is 9.87. The summed E-state index contributed by atoms with van der Waals surface area (Å²) in [5.74, 6) is 0.462. The van der Waals surface area contributed by atoms with Gasteiger partial charge in [-0.1, -0.05) is 36.4 Å². The molecule has 1 saturated heterocycles. The molecule has 12 nitrogen and oxygen atoms in total. The van der Waals surface area contributed by atoms with Crippen molar-refractivity contribution >= 4 is 29.1 Å². The number of H-pyrrole nitrogens is 1. The maximum absolute atomic E-state index is 13.7. The quantitative estimate of drug-likeness (QED) is 0.138. The number of carbonyl (C=O) groups excluding carboxylic acids is 3. The van der Waals surface area contributed by atoms with Gasteiger partial charge in [0.1, 0.15) is 6.04 Å². The number of aryl methyl sites for hydroxylation is 1. The number of amides is 3. The molecule has 1 aromatic heterocycles. The number of hydrogen-bond donors (Lipinski definition) is 6. The molecule has 3 amide bonds. The zero-order valence-corrected chi connectivity index (χ0v) is 27.9. The average Bonchev–Trinajstić information content (AvgIpc) is 3.69. The zero-order chi connectivity index (χ0) is 34.2. The minimum absolute atomic E-state index is 0.0197. The van der Waals surface area contributed by atoms with Crippen LogP contribution in [0.2, 0.25) is 0 Å². The molecular weight excluding hydrogens is 618 g/mol. The molecule has 3 aromatic carbocycles. The first-order valence-electron chi connectivity index (χ1n) is 17.2. The Morgan fingerprint density at radius 1 is 0.816 bits per heavy atom. The Kier molecular flexibility index (Phi) is 11.1. The topological polar surface area (TPSA) is 180 Å².